The minimum absolute atomic E-state index is 0.0304. The van der Waals surface area contributed by atoms with Crippen molar-refractivity contribution in [1.29, 1.82) is 0 Å². The molecule has 1 aliphatic rings. The van der Waals surface area contributed by atoms with E-state index in [2.05, 4.69) is 0 Å². The van der Waals surface area contributed by atoms with E-state index in [1.807, 2.05) is 0 Å². The van der Waals surface area contributed by atoms with E-state index in [9.17, 15) is 0 Å². The van der Waals surface area contributed by atoms with E-state index in [1.165, 1.54) is 12.2 Å². The van der Waals surface area contributed by atoms with Crippen LogP contribution >= 0.6 is 0 Å². The molecule has 1 aliphatic carbocycles. The fraction of sp³-hybridized carbons (Fsp3) is 0.429. The van der Waals surface area contributed by atoms with E-state index in [4.69, 9.17) is 15.3 Å². The zero-order valence-electron chi connectivity index (χ0n) is 5.49. The first-order valence-corrected chi connectivity index (χ1v) is 3.11. The van der Waals surface area contributed by atoms with Crippen molar-refractivity contribution < 1.29 is 15.3 Å². The molecular formula is C7H10O3. The summed E-state index contributed by atoms with van der Waals surface area (Å²) in [6.45, 7) is -0.102. The molecule has 0 saturated heterocycles. The molecule has 3 nitrogen and oxygen atoms in total. The van der Waals surface area contributed by atoms with E-state index in [1.54, 1.807) is 0 Å². The molecule has 1 atom stereocenters. The minimum Gasteiger partial charge on any atom is -0.508 e. The summed E-state index contributed by atoms with van der Waals surface area (Å²) in [5.41, 5.74) is 0.660. The molecule has 0 aliphatic heterocycles. The van der Waals surface area contributed by atoms with Crippen LogP contribution in [0.25, 0.3) is 0 Å². The van der Waals surface area contributed by atoms with Gasteiger partial charge < -0.3 is 15.3 Å². The van der Waals surface area contributed by atoms with Crippen molar-refractivity contribution in [2.24, 2.45) is 0 Å². The number of hydrogen-bond acceptors (Lipinski definition) is 3. The van der Waals surface area contributed by atoms with Gasteiger partial charge in [-0.05, 0) is 17.7 Å². The van der Waals surface area contributed by atoms with Gasteiger partial charge in [-0.25, -0.2) is 0 Å². The van der Waals surface area contributed by atoms with Gasteiger partial charge in [-0.3, -0.25) is 0 Å². The Morgan fingerprint density at radius 2 is 2.30 bits per heavy atom. The molecule has 3 N–H and O–H groups in total. The average Bonchev–Trinajstić information content (AvgIpc) is 1.85. The summed E-state index contributed by atoms with van der Waals surface area (Å²) in [4.78, 5) is 0. The number of allylic oxidation sites excluding steroid dienone is 1. The van der Waals surface area contributed by atoms with Gasteiger partial charge in [0.2, 0.25) is 0 Å². The third kappa shape index (κ3) is 1.59. The first-order chi connectivity index (χ1) is 4.72. The molecule has 1 rings (SSSR count). The fourth-order valence-corrected chi connectivity index (χ4v) is 0.951. The molecule has 0 heterocycles. The van der Waals surface area contributed by atoms with Crippen LogP contribution in [0.15, 0.2) is 23.5 Å². The Labute approximate surface area is 58.9 Å². The molecule has 10 heavy (non-hydrogen) atoms. The van der Waals surface area contributed by atoms with Crippen LogP contribution in [0.3, 0.4) is 0 Å². The van der Waals surface area contributed by atoms with E-state index in [0.29, 0.717) is 12.0 Å². The lowest BCUT2D eigenvalue weighted by Gasteiger charge is -2.12. The van der Waals surface area contributed by atoms with Gasteiger partial charge in [-0.15, -0.1) is 0 Å². The van der Waals surface area contributed by atoms with Crippen LogP contribution in [-0.4, -0.2) is 28.0 Å². The highest BCUT2D eigenvalue weighted by Crippen LogP contribution is 2.14. The zero-order chi connectivity index (χ0) is 7.56. The van der Waals surface area contributed by atoms with Crippen LogP contribution in [0.5, 0.6) is 0 Å². The Hall–Kier alpha value is -0.800. The van der Waals surface area contributed by atoms with Crippen molar-refractivity contribution in [2.75, 3.05) is 6.61 Å². The summed E-state index contributed by atoms with van der Waals surface area (Å²) in [5, 5.41) is 26.5. The van der Waals surface area contributed by atoms with Crippen molar-refractivity contribution >= 4 is 0 Å². The third-order valence-electron chi connectivity index (χ3n) is 1.39. The van der Waals surface area contributed by atoms with E-state index in [0.717, 1.165) is 0 Å². The van der Waals surface area contributed by atoms with Gasteiger partial charge in [0, 0.05) is 6.42 Å². The Balaban J connectivity index is 2.70. The average molecular weight is 142 g/mol. The van der Waals surface area contributed by atoms with Gasteiger partial charge in [0.15, 0.2) is 0 Å². The summed E-state index contributed by atoms with van der Waals surface area (Å²) in [6, 6.07) is 0. The second-order valence-corrected chi connectivity index (χ2v) is 2.32. The van der Waals surface area contributed by atoms with Crippen LogP contribution in [-0.2, 0) is 0 Å². The normalized spacial score (nSPS) is 25.6. The van der Waals surface area contributed by atoms with Crippen LogP contribution < -0.4 is 0 Å². The quantitative estimate of drug-likeness (QED) is 0.487. The maximum atomic E-state index is 8.99. The summed E-state index contributed by atoms with van der Waals surface area (Å²) in [5.74, 6) is 0.0304. The SMILES string of the molecule is OCC1=CC(O)=CC(O)C1. The van der Waals surface area contributed by atoms with Crippen molar-refractivity contribution in [3.8, 4) is 0 Å². The predicted molar refractivity (Wildman–Crippen MR) is 36.5 cm³/mol. The van der Waals surface area contributed by atoms with E-state index in [-0.39, 0.29) is 12.4 Å². The van der Waals surface area contributed by atoms with Crippen LogP contribution in [0.4, 0.5) is 0 Å². The number of hydrogen-bond donors (Lipinski definition) is 3. The topological polar surface area (TPSA) is 60.7 Å². The largest absolute Gasteiger partial charge is 0.508 e. The molecule has 0 spiro atoms. The van der Waals surface area contributed by atoms with Crippen molar-refractivity contribution in [3.63, 3.8) is 0 Å². The van der Waals surface area contributed by atoms with Gasteiger partial charge in [0.25, 0.3) is 0 Å². The lowest BCUT2D eigenvalue weighted by atomic mass is 10.0. The van der Waals surface area contributed by atoms with Crippen molar-refractivity contribution in [2.45, 2.75) is 12.5 Å². The van der Waals surface area contributed by atoms with E-state index >= 15 is 0 Å². The Bertz CT molecular complexity index is 181. The Morgan fingerprint density at radius 1 is 1.60 bits per heavy atom. The predicted octanol–water partition coefficient (Wildman–Crippen LogP) is 0.112. The zero-order valence-corrected chi connectivity index (χ0v) is 5.49. The second kappa shape index (κ2) is 2.86. The molecule has 1 unspecified atom stereocenters. The first kappa shape index (κ1) is 7.31. The summed E-state index contributed by atoms with van der Waals surface area (Å²) in [6.07, 6.45) is 2.58. The van der Waals surface area contributed by atoms with Gasteiger partial charge >= 0.3 is 0 Å². The molecule has 0 aromatic heterocycles. The van der Waals surface area contributed by atoms with Crippen LogP contribution in [0.1, 0.15) is 6.42 Å². The third-order valence-corrected chi connectivity index (χ3v) is 1.39. The van der Waals surface area contributed by atoms with Crippen molar-refractivity contribution in [1.82, 2.24) is 0 Å². The standard InChI is InChI=1S/C7H10O3/c8-4-5-1-6(9)3-7(10)2-5/h1,3,7-10H,2,4H2. The molecule has 0 saturated carbocycles. The molecular weight excluding hydrogens is 132 g/mol. The molecule has 0 fully saturated rings. The van der Waals surface area contributed by atoms with E-state index < -0.39 is 6.10 Å². The molecule has 0 aromatic rings. The lowest BCUT2D eigenvalue weighted by molar-refractivity contribution is 0.205. The molecule has 3 heteroatoms. The van der Waals surface area contributed by atoms with Gasteiger partial charge in [0.05, 0.1) is 12.7 Å². The highest BCUT2D eigenvalue weighted by atomic mass is 16.3. The monoisotopic (exact) mass is 142 g/mol. The molecule has 0 radical (unpaired) electrons. The maximum absolute atomic E-state index is 8.99. The van der Waals surface area contributed by atoms with Gasteiger partial charge in [0.1, 0.15) is 5.76 Å². The molecule has 0 bridgehead atoms. The highest BCUT2D eigenvalue weighted by molar-refractivity contribution is 5.25. The molecule has 0 aromatic carbocycles. The Morgan fingerprint density at radius 3 is 2.80 bits per heavy atom. The number of rotatable bonds is 1. The molecule has 0 amide bonds. The first-order valence-electron chi connectivity index (χ1n) is 3.11. The Kier molecular flexibility index (Phi) is 2.09. The van der Waals surface area contributed by atoms with Crippen molar-refractivity contribution in [3.05, 3.63) is 23.5 Å². The maximum Gasteiger partial charge on any atom is 0.114 e. The fourth-order valence-electron chi connectivity index (χ4n) is 0.951. The van der Waals surface area contributed by atoms with Crippen LogP contribution in [0.2, 0.25) is 0 Å². The lowest BCUT2D eigenvalue weighted by Crippen LogP contribution is -2.11. The summed E-state index contributed by atoms with van der Waals surface area (Å²) in [7, 11) is 0. The van der Waals surface area contributed by atoms with Gasteiger partial charge in [-0.1, -0.05) is 0 Å². The molecule has 56 valence electrons. The number of aliphatic hydroxyl groups is 3. The van der Waals surface area contributed by atoms with Gasteiger partial charge in [-0.2, -0.15) is 0 Å². The minimum atomic E-state index is -0.646. The van der Waals surface area contributed by atoms with Crippen LogP contribution in [0, 0.1) is 0 Å². The summed E-state index contributed by atoms with van der Waals surface area (Å²) >= 11 is 0. The highest BCUT2D eigenvalue weighted by Gasteiger charge is 2.10. The summed E-state index contributed by atoms with van der Waals surface area (Å²) < 4.78 is 0. The smallest absolute Gasteiger partial charge is 0.114 e. The second-order valence-electron chi connectivity index (χ2n) is 2.32. The number of aliphatic hydroxyl groups excluding tert-OH is 3.